The van der Waals surface area contributed by atoms with E-state index in [1.54, 1.807) is 11.3 Å². The number of amides is 1. The normalized spacial score (nSPS) is 17.6. The summed E-state index contributed by atoms with van der Waals surface area (Å²) in [4.78, 5) is 14.3. The molecule has 2 heterocycles. The molecule has 3 aromatic rings. The van der Waals surface area contributed by atoms with Gasteiger partial charge in [-0.05, 0) is 43.3 Å². The molecule has 2 aromatic heterocycles. The summed E-state index contributed by atoms with van der Waals surface area (Å²) >= 11 is 1.70. The highest BCUT2D eigenvalue weighted by Crippen LogP contribution is 2.43. The van der Waals surface area contributed by atoms with Gasteiger partial charge in [0.05, 0.1) is 5.41 Å². The van der Waals surface area contributed by atoms with Crippen LogP contribution in [0.2, 0.25) is 0 Å². The van der Waals surface area contributed by atoms with Gasteiger partial charge in [0.2, 0.25) is 5.91 Å². The van der Waals surface area contributed by atoms with Crippen molar-refractivity contribution in [1.82, 2.24) is 5.32 Å². The Morgan fingerprint density at radius 1 is 1.24 bits per heavy atom. The minimum Gasteiger partial charge on any atom is -0.461 e. The summed E-state index contributed by atoms with van der Waals surface area (Å²) in [6, 6.07) is 14.3. The van der Waals surface area contributed by atoms with E-state index in [-0.39, 0.29) is 17.4 Å². The van der Waals surface area contributed by atoms with Gasteiger partial charge in [-0.15, -0.1) is 11.3 Å². The highest BCUT2D eigenvalue weighted by atomic mass is 32.1. The van der Waals surface area contributed by atoms with Crippen LogP contribution in [0.5, 0.6) is 0 Å². The van der Waals surface area contributed by atoms with E-state index < -0.39 is 0 Å². The van der Waals surface area contributed by atoms with Crippen LogP contribution in [0.1, 0.15) is 43.2 Å². The molecule has 130 valence electrons. The van der Waals surface area contributed by atoms with Gasteiger partial charge in [0.15, 0.2) is 0 Å². The number of para-hydroxylation sites is 1. The molecule has 0 bridgehead atoms. The molecular weight excluding hydrogens is 330 g/mol. The van der Waals surface area contributed by atoms with Crippen LogP contribution in [-0.4, -0.2) is 11.9 Å². The first kappa shape index (κ1) is 16.4. The van der Waals surface area contributed by atoms with Crippen LogP contribution in [0.15, 0.2) is 52.3 Å². The number of nitrogens with one attached hydrogen (secondary N) is 1. The maximum absolute atomic E-state index is 13.1. The van der Waals surface area contributed by atoms with Gasteiger partial charge in [-0.25, -0.2) is 0 Å². The molecule has 3 nitrogen and oxygen atoms in total. The summed E-state index contributed by atoms with van der Waals surface area (Å²) in [6.45, 7) is 2.06. The second-order valence-corrected chi connectivity index (χ2v) is 8.04. The second kappa shape index (κ2) is 6.68. The van der Waals surface area contributed by atoms with Crippen molar-refractivity contribution in [3.63, 3.8) is 0 Å². The fraction of sp³-hybridized carbons (Fsp3) is 0.381. The largest absolute Gasteiger partial charge is 0.461 e. The number of carbonyl (C=O) groups excluding carboxylic acids is 1. The SMILES string of the molecule is C[C@@H](Cc1cc2ccccc2o1)NC(=O)C1(c2cccs2)CCCC1. The third-order valence-electron chi connectivity index (χ3n) is 5.25. The van der Waals surface area contributed by atoms with E-state index >= 15 is 0 Å². The zero-order chi connectivity index (χ0) is 17.3. The number of furan rings is 1. The smallest absolute Gasteiger partial charge is 0.231 e. The maximum Gasteiger partial charge on any atom is 0.231 e. The van der Waals surface area contributed by atoms with E-state index in [0.29, 0.717) is 6.42 Å². The van der Waals surface area contributed by atoms with Crippen LogP contribution in [0, 0.1) is 0 Å². The Morgan fingerprint density at radius 3 is 2.76 bits per heavy atom. The summed E-state index contributed by atoms with van der Waals surface area (Å²) in [6.07, 6.45) is 4.88. The highest BCUT2D eigenvalue weighted by Gasteiger charge is 2.43. The lowest BCUT2D eigenvalue weighted by Gasteiger charge is -2.28. The van der Waals surface area contributed by atoms with E-state index in [2.05, 4.69) is 35.8 Å². The molecule has 25 heavy (non-hydrogen) atoms. The summed E-state index contributed by atoms with van der Waals surface area (Å²) < 4.78 is 5.89. The molecule has 1 fully saturated rings. The highest BCUT2D eigenvalue weighted by molar-refractivity contribution is 7.10. The molecule has 1 atom stereocenters. The van der Waals surface area contributed by atoms with Crippen molar-refractivity contribution < 1.29 is 9.21 Å². The monoisotopic (exact) mass is 353 g/mol. The van der Waals surface area contributed by atoms with Gasteiger partial charge in [-0.1, -0.05) is 37.1 Å². The van der Waals surface area contributed by atoms with Crippen molar-refractivity contribution in [2.75, 3.05) is 0 Å². The summed E-state index contributed by atoms with van der Waals surface area (Å²) in [7, 11) is 0. The molecular formula is C21H23NO2S. The molecule has 1 aliphatic carbocycles. The van der Waals surface area contributed by atoms with Crippen molar-refractivity contribution in [2.24, 2.45) is 0 Å². The zero-order valence-corrected chi connectivity index (χ0v) is 15.3. The molecule has 0 radical (unpaired) electrons. The molecule has 1 amide bonds. The van der Waals surface area contributed by atoms with Crippen LogP contribution in [0.25, 0.3) is 11.0 Å². The molecule has 4 rings (SSSR count). The summed E-state index contributed by atoms with van der Waals surface area (Å²) in [5.74, 6) is 1.10. The predicted octanol–water partition coefficient (Wildman–Crippen LogP) is 5.05. The number of benzene rings is 1. The first-order valence-electron chi connectivity index (χ1n) is 9.00. The Labute approximate surface area is 152 Å². The molecule has 0 unspecified atom stereocenters. The van der Waals surface area contributed by atoms with Crippen LogP contribution in [0.3, 0.4) is 0 Å². The average Bonchev–Trinajstić information content (AvgIpc) is 3.34. The minimum atomic E-state index is -0.323. The Hall–Kier alpha value is -2.07. The van der Waals surface area contributed by atoms with E-state index in [1.165, 1.54) is 4.88 Å². The lowest BCUT2D eigenvalue weighted by atomic mass is 9.83. The Morgan fingerprint density at radius 2 is 2.04 bits per heavy atom. The fourth-order valence-electron chi connectivity index (χ4n) is 3.97. The second-order valence-electron chi connectivity index (χ2n) is 7.10. The Bertz CT molecular complexity index is 826. The van der Waals surface area contributed by atoms with Crippen LogP contribution < -0.4 is 5.32 Å². The predicted molar refractivity (Wildman–Crippen MR) is 102 cm³/mol. The van der Waals surface area contributed by atoms with Gasteiger partial charge in [0.1, 0.15) is 11.3 Å². The lowest BCUT2D eigenvalue weighted by Crippen LogP contribution is -2.46. The molecule has 0 aliphatic heterocycles. The van der Waals surface area contributed by atoms with Crippen molar-refractivity contribution in [2.45, 2.75) is 50.5 Å². The Balaban J connectivity index is 1.47. The molecule has 1 N–H and O–H groups in total. The van der Waals surface area contributed by atoms with Gasteiger partial charge in [0, 0.05) is 22.7 Å². The van der Waals surface area contributed by atoms with Crippen LogP contribution in [-0.2, 0) is 16.6 Å². The summed E-state index contributed by atoms with van der Waals surface area (Å²) in [5.41, 5.74) is 0.581. The standard InChI is InChI=1S/C21H23NO2S/c1-15(13-17-14-16-7-2-3-8-18(16)24-17)22-20(23)21(10-4-5-11-21)19-9-6-12-25-19/h2-3,6-9,12,14-15H,4-5,10-11,13H2,1H3,(H,22,23)/t15-/m0/s1. The van der Waals surface area contributed by atoms with Crippen LogP contribution in [0.4, 0.5) is 0 Å². The van der Waals surface area contributed by atoms with E-state index in [4.69, 9.17) is 4.42 Å². The number of carbonyl (C=O) groups is 1. The van der Waals surface area contributed by atoms with E-state index in [0.717, 1.165) is 42.4 Å². The van der Waals surface area contributed by atoms with Gasteiger partial charge in [-0.2, -0.15) is 0 Å². The molecule has 0 saturated heterocycles. The van der Waals surface area contributed by atoms with Crippen molar-refractivity contribution in [3.05, 3.63) is 58.5 Å². The van der Waals surface area contributed by atoms with Crippen LogP contribution >= 0.6 is 11.3 Å². The molecule has 4 heteroatoms. The topological polar surface area (TPSA) is 42.2 Å². The average molecular weight is 353 g/mol. The first-order chi connectivity index (χ1) is 12.2. The quantitative estimate of drug-likeness (QED) is 0.697. The van der Waals surface area contributed by atoms with Gasteiger partial charge in [-0.3, -0.25) is 4.79 Å². The number of hydrogen-bond acceptors (Lipinski definition) is 3. The maximum atomic E-state index is 13.1. The first-order valence-corrected chi connectivity index (χ1v) is 9.88. The molecule has 1 saturated carbocycles. The number of hydrogen-bond donors (Lipinski definition) is 1. The number of thiophene rings is 1. The zero-order valence-electron chi connectivity index (χ0n) is 14.5. The molecule has 0 spiro atoms. The minimum absolute atomic E-state index is 0.0468. The fourth-order valence-corrected chi connectivity index (χ4v) is 4.95. The van der Waals surface area contributed by atoms with Gasteiger partial charge < -0.3 is 9.73 Å². The third-order valence-corrected chi connectivity index (χ3v) is 6.32. The lowest BCUT2D eigenvalue weighted by molar-refractivity contribution is -0.127. The molecule has 1 aliphatic rings. The van der Waals surface area contributed by atoms with E-state index in [9.17, 15) is 4.79 Å². The third kappa shape index (κ3) is 3.11. The van der Waals surface area contributed by atoms with Crippen molar-refractivity contribution in [3.8, 4) is 0 Å². The van der Waals surface area contributed by atoms with Gasteiger partial charge >= 0.3 is 0 Å². The van der Waals surface area contributed by atoms with E-state index in [1.807, 2.05) is 24.3 Å². The number of rotatable bonds is 5. The van der Waals surface area contributed by atoms with Crippen molar-refractivity contribution >= 4 is 28.2 Å². The summed E-state index contributed by atoms with van der Waals surface area (Å²) in [5, 5.41) is 6.43. The molecule has 1 aromatic carbocycles. The number of fused-ring (bicyclic) bond motifs is 1. The van der Waals surface area contributed by atoms with Gasteiger partial charge in [0.25, 0.3) is 0 Å². The Kier molecular flexibility index (Phi) is 4.38. The van der Waals surface area contributed by atoms with Crippen molar-refractivity contribution in [1.29, 1.82) is 0 Å².